The molecule has 5 nitrogen and oxygen atoms in total. The second-order valence-corrected chi connectivity index (χ2v) is 5.82. The average Bonchev–Trinajstić information content (AvgIpc) is 2.74. The first-order valence-corrected chi connectivity index (χ1v) is 7.25. The third-order valence-electron chi connectivity index (χ3n) is 3.80. The van der Waals surface area contributed by atoms with E-state index in [1.54, 1.807) is 0 Å². The second kappa shape index (κ2) is 6.26. The van der Waals surface area contributed by atoms with E-state index in [1.165, 1.54) is 0 Å². The van der Waals surface area contributed by atoms with Gasteiger partial charge in [-0.1, -0.05) is 26.0 Å². The zero-order valence-corrected chi connectivity index (χ0v) is 13.1. The molecule has 2 rings (SSSR count). The minimum Gasteiger partial charge on any atom is -0.392 e. The van der Waals surface area contributed by atoms with E-state index >= 15 is 0 Å². The molecular weight excluding hydrogens is 266 g/mol. The molecule has 0 fully saturated rings. The largest absolute Gasteiger partial charge is 0.392 e. The molecule has 21 heavy (non-hydrogen) atoms. The van der Waals surface area contributed by atoms with Crippen LogP contribution in [0.15, 0.2) is 18.2 Å². The average molecular weight is 289 g/mol. The van der Waals surface area contributed by atoms with Crippen molar-refractivity contribution < 1.29 is 9.90 Å². The Labute approximate surface area is 125 Å². The molecule has 0 bridgehead atoms. The molecule has 2 N–H and O–H groups in total. The van der Waals surface area contributed by atoms with Crippen molar-refractivity contribution in [3.8, 4) is 0 Å². The van der Waals surface area contributed by atoms with Gasteiger partial charge in [0.25, 0.3) is 0 Å². The molecule has 1 amide bonds. The van der Waals surface area contributed by atoms with Crippen LogP contribution in [0.4, 0.5) is 0 Å². The lowest BCUT2D eigenvalue weighted by molar-refractivity contribution is -0.123. The standard InChI is InChI=1S/C16H23N3O2/c1-10(2)13(20)8-15(21)17-9-14-18-12-7-5-6-11(3)16(12)19(14)4/h5-7,10,13,20H,8-9H2,1-4H3,(H,17,21). The summed E-state index contributed by atoms with van der Waals surface area (Å²) in [5.74, 6) is 0.737. The van der Waals surface area contributed by atoms with Gasteiger partial charge in [-0.05, 0) is 24.5 Å². The number of aliphatic hydroxyl groups excluding tert-OH is 1. The van der Waals surface area contributed by atoms with Crippen LogP contribution in [-0.4, -0.2) is 26.7 Å². The fourth-order valence-corrected chi connectivity index (χ4v) is 2.35. The summed E-state index contributed by atoms with van der Waals surface area (Å²) in [5, 5.41) is 12.5. The Morgan fingerprint density at radius 1 is 1.43 bits per heavy atom. The Hall–Kier alpha value is -1.88. The smallest absolute Gasteiger partial charge is 0.222 e. The van der Waals surface area contributed by atoms with E-state index in [0.29, 0.717) is 6.54 Å². The van der Waals surface area contributed by atoms with E-state index < -0.39 is 6.10 Å². The predicted molar refractivity (Wildman–Crippen MR) is 82.8 cm³/mol. The molecule has 0 aliphatic carbocycles. The monoisotopic (exact) mass is 289 g/mol. The van der Waals surface area contributed by atoms with Crippen molar-refractivity contribution in [3.05, 3.63) is 29.6 Å². The number of imidazole rings is 1. The first kappa shape index (κ1) is 15.5. The molecule has 1 aromatic heterocycles. The predicted octanol–water partition coefficient (Wildman–Crippen LogP) is 1.90. The van der Waals surface area contributed by atoms with Gasteiger partial charge in [0.05, 0.1) is 30.1 Å². The van der Waals surface area contributed by atoms with Crippen molar-refractivity contribution in [2.24, 2.45) is 13.0 Å². The van der Waals surface area contributed by atoms with Crippen LogP contribution >= 0.6 is 0 Å². The third-order valence-corrected chi connectivity index (χ3v) is 3.80. The number of nitrogens with zero attached hydrogens (tertiary/aromatic N) is 2. The van der Waals surface area contributed by atoms with Crippen LogP contribution in [-0.2, 0) is 18.4 Å². The molecule has 5 heteroatoms. The van der Waals surface area contributed by atoms with Gasteiger partial charge in [0.1, 0.15) is 5.82 Å². The summed E-state index contributed by atoms with van der Waals surface area (Å²) in [6.07, 6.45) is -0.478. The number of hydrogen-bond donors (Lipinski definition) is 2. The molecule has 1 heterocycles. The quantitative estimate of drug-likeness (QED) is 0.883. The summed E-state index contributed by atoms with van der Waals surface area (Å²) in [7, 11) is 1.95. The maximum atomic E-state index is 11.8. The Morgan fingerprint density at radius 3 is 2.76 bits per heavy atom. The van der Waals surface area contributed by atoms with Gasteiger partial charge in [0.2, 0.25) is 5.91 Å². The van der Waals surface area contributed by atoms with E-state index in [4.69, 9.17) is 0 Å². The van der Waals surface area contributed by atoms with Crippen LogP contribution in [0.3, 0.4) is 0 Å². The van der Waals surface area contributed by atoms with Crippen LogP contribution in [0.5, 0.6) is 0 Å². The molecule has 114 valence electrons. The molecule has 0 saturated heterocycles. The Balaban J connectivity index is 2.06. The lowest BCUT2D eigenvalue weighted by Crippen LogP contribution is -2.30. The third kappa shape index (κ3) is 3.42. The molecule has 0 aliphatic rings. The first-order chi connectivity index (χ1) is 9.90. The maximum absolute atomic E-state index is 11.8. The minimum absolute atomic E-state index is 0.0779. The van der Waals surface area contributed by atoms with Crippen molar-refractivity contribution >= 4 is 16.9 Å². The number of carbonyl (C=O) groups excluding carboxylic acids is 1. The van der Waals surface area contributed by atoms with E-state index in [2.05, 4.69) is 10.3 Å². The highest BCUT2D eigenvalue weighted by molar-refractivity contribution is 5.80. The maximum Gasteiger partial charge on any atom is 0.222 e. The number of fused-ring (bicyclic) bond motifs is 1. The van der Waals surface area contributed by atoms with Crippen LogP contribution in [0.2, 0.25) is 0 Å². The summed E-state index contributed by atoms with van der Waals surface area (Å²) in [4.78, 5) is 16.4. The summed E-state index contributed by atoms with van der Waals surface area (Å²) in [6.45, 7) is 6.21. The summed E-state index contributed by atoms with van der Waals surface area (Å²) in [6, 6.07) is 5.99. The zero-order valence-electron chi connectivity index (χ0n) is 13.1. The number of para-hydroxylation sites is 1. The highest BCUT2D eigenvalue weighted by Gasteiger charge is 2.15. The van der Waals surface area contributed by atoms with Gasteiger partial charge in [-0.15, -0.1) is 0 Å². The fraction of sp³-hybridized carbons (Fsp3) is 0.500. The minimum atomic E-state index is -0.604. The van der Waals surface area contributed by atoms with Gasteiger partial charge >= 0.3 is 0 Å². The van der Waals surface area contributed by atoms with Gasteiger partial charge in [-0.3, -0.25) is 4.79 Å². The van der Waals surface area contributed by atoms with Crippen molar-refractivity contribution in [1.82, 2.24) is 14.9 Å². The second-order valence-electron chi connectivity index (χ2n) is 5.82. The van der Waals surface area contributed by atoms with Crippen molar-refractivity contribution in [2.45, 2.75) is 39.8 Å². The van der Waals surface area contributed by atoms with Crippen molar-refractivity contribution in [3.63, 3.8) is 0 Å². The van der Waals surface area contributed by atoms with Crippen molar-refractivity contribution in [1.29, 1.82) is 0 Å². The Bertz CT molecular complexity index is 646. The number of rotatable bonds is 5. The van der Waals surface area contributed by atoms with Crippen LogP contribution in [0, 0.1) is 12.8 Å². The molecule has 1 aromatic carbocycles. The molecule has 2 aromatic rings. The highest BCUT2D eigenvalue weighted by Crippen LogP contribution is 2.18. The number of carbonyl (C=O) groups is 1. The Morgan fingerprint density at radius 2 is 2.14 bits per heavy atom. The molecule has 0 radical (unpaired) electrons. The number of benzene rings is 1. The van der Waals surface area contributed by atoms with Gasteiger partial charge in [0, 0.05) is 7.05 Å². The highest BCUT2D eigenvalue weighted by atomic mass is 16.3. The molecule has 0 spiro atoms. The number of aliphatic hydroxyl groups is 1. The van der Waals surface area contributed by atoms with Gasteiger partial charge < -0.3 is 15.0 Å². The normalized spacial score (nSPS) is 12.9. The SMILES string of the molecule is Cc1cccc2nc(CNC(=O)CC(O)C(C)C)n(C)c12. The molecule has 0 saturated carbocycles. The topological polar surface area (TPSA) is 67.2 Å². The van der Waals surface area contributed by atoms with Crippen LogP contribution in [0.1, 0.15) is 31.7 Å². The van der Waals surface area contributed by atoms with E-state index in [0.717, 1.165) is 22.4 Å². The fourth-order valence-electron chi connectivity index (χ4n) is 2.35. The lowest BCUT2D eigenvalue weighted by atomic mass is 10.0. The van der Waals surface area contributed by atoms with E-state index in [1.807, 2.05) is 50.6 Å². The molecule has 1 atom stereocenters. The van der Waals surface area contributed by atoms with Crippen molar-refractivity contribution in [2.75, 3.05) is 0 Å². The zero-order chi connectivity index (χ0) is 15.6. The van der Waals surface area contributed by atoms with Gasteiger partial charge in [-0.25, -0.2) is 4.98 Å². The number of hydrogen-bond acceptors (Lipinski definition) is 3. The van der Waals surface area contributed by atoms with Crippen LogP contribution in [0.25, 0.3) is 11.0 Å². The van der Waals surface area contributed by atoms with Gasteiger partial charge in [0.15, 0.2) is 0 Å². The summed E-state index contributed by atoms with van der Waals surface area (Å²) >= 11 is 0. The first-order valence-electron chi connectivity index (χ1n) is 7.25. The van der Waals surface area contributed by atoms with Gasteiger partial charge in [-0.2, -0.15) is 0 Å². The molecular formula is C16H23N3O2. The number of nitrogens with one attached hydrogen (secondary N) is 1. The van der Waals surface area contributed by atoms with Crippen LogP contribution < -0.4 is 5.32 Å². The molecule has 1 unspecified atom stereocenters. The van der Waals surface area contributed by atoms with E-state index in [9.17, 15) is 9.90 Å². The number of amides is 1. The Kier molecular flexibility index (Phi) is 4.63. The number of aryl methyl sites for hydroxylation is 2. The number of aromatic nitrogens is 2. The molecule has 0 aliphatic heterocycles. The van der Waals surface area contributed by atoms with E-state index in [-0.39, 0.29) is 18.2 Å². The summed E-state index contributed by atoms with van der Waals surface area (Å²) < 4.78 is 2.00. The summed E-state index contributed by atoms with van der Waals surface area (Å²) in [5.41, 5.74) is 3.18. The lowest BCUT2D eigenvalue weighted by Gasteiger charge is -2.13.